The zero-order valence-electron chi connectivity index (χ0n) is 19.2. The van der Waals surface area contributed by atoms with Gasteiger partial charge in [-0.1, -0.05) is 129 Å². The molecule has 2 heteroatoms. The van der Waals surface area contributed by atoms with Crippen LogP contribution in [0.25, 0.3) is 0 Å². The zero-order valence-corrected chi connectivity index (χ0v) is 19.2. The summed E-state index contributed by atoms with van der Waals surface area (Å²) >= 11 is 0. The lowest BCUT2D eigenvalue weighted by molar-refractivity contribution is -0.121. The molecule has 0 aliphatic carbocycles. The van der Waals surface area contributed by atoms with E-state index in [1.54, 1.807) is 0 Å². The number of carbonyl (C=O) groups excluding carboxylic acids is 1. The summed E-state index contributed by atoms with van der Waals surface area (Å²) in [5.74, 6) is 0.282. The van der Waals surface area contributed by atoms with E-state index in [2.05, 4.69) is 12.2 Å². The van der Waals surface area contributed by atoms with Crippen LogP contribution in [0.5, 0.6) is 0 Å². The van der Waals surface area contributed by atoms with Gasteiger partial charge in [0.2, 0.25) is 5.91 Å². The highest BCUT2D eigenvalue weighted by atomic mass is 16.1. The molecule has 1 saturated heterocycles. The van der Waals surface area contributed by atoms with Crippen LogP contribution in [0.15, 0.2) is 0 Å². The van der Waals surface area contributed by atoms with Gasteiger partial charge in [-0.25, -0.2) is 0 Å². The van der Waals surface area contributed by atoms with Gasteiger partial charge in [-0.05, 0) is 19.3 Å². The Kier molecular flexibility index (Phi) is 18.0. The predicted molar refractivity (Wildman–Crippen MR) is 124 cm³/mol. The number of unbranched alkanes of at least 4 members (excludes halogenated alkanes) is 17. The minimum Gasteiger partial charge on any atom is -0.353 e. The van der Waals surface area contributed by atoms with Crippen molar-refractivity contribution in [1.82, 2.24) is 5.32 Å². The summed E-state index contributed by atoms with van der Waals surface area (Å²) in [6, 6.07) is 0.469. The first-order valence-electron chi connectivity index (χ1n) is 13.1. The van der Waals surface area contributed by atoms with Gasteiger partial charge >= 0.3 is 0 Å². The van der Waals surface area contributed by atoms with E-state index in [1.807, 2.05) is 0 Å². The standard InChI is InChI=1S/C26H51NO/c1-2-3-4-5-6-7-8-9-10-11-12-13-14-15-16-17-18-19-22-25-23-20-21-24-26(28)27-25/h25H,2-24H2,1H3,(H,27,28). The molecule has 166 valence electrons. The minimum absolute atomic E-state index is 0.282. The van der Waals surface area contributed by atoms with Gasteiger partial charge in [0.25, 0.3) is 0 Å². The van der Waals surface area contributed by atoms with Crippen LogP contribution in [0, 0.1) is 0 Å². The Morgan fingerprint density at radius 1 is 0.643 bits per heavy atom. The first-order valence-corrected chi connectivity index (χ1v) is 13.1. The van der Waals surface area contributed by atoms with Crippen LogP contribution in [0.4, 0.5) is 0 Å². The number of amides is 1. The second-order valence-electron chi connectivity index (χ2n) is 9.31. The molecule has 1 aliphatic heterocycles. The van der Waals surface area contributed by atoms with Crippen molar-refractivity contribution in [2.24, 2.45) is 0 Å². The Morgan fingerprint density at radius 3 is 1.54 bits per heavy atom. The van der Waals surface area contributed by atoms with Crippen LogP contribution < -0.4 is 5.32 Å². The molecule has 0 saturated carbocycles. The molecule has 0 aromatic carbocycles. The molecule has 1 aliphatic rings. The second-order valence-corrected chi connectivity index (χ2v) is 9.31. The Labute approximate surface area is 177 Å². The molecule has 1 fully saturated rings. The molecule has 1 N–H and O–H groups in total. The predicted octanol–water partition coefficient (Wildman–Crippen LogP) is 8.48. The summed E-state index contributed by atoms with van der Waals surface area (Å²) in [4.78, 5) is 11.6. The third kappa shape index (κ3) is 16.4. The molecular weight excluding hydrogens is 342 g/mol. The monoisotopic (exact) mass is 393 g/mol. The summed E-state index contributed by atoms with van der Waals surface area (Å²) in [6.07, 6.45) is 31.2. The van der Waals surface area contributed by atoms with Crippen LogP contribution in [0.1, 0.15) is 155 Å². The molecule has 0 bridgehead atoms. The maximum absolute atomic E-state index is 11.6. The number of hydrogen-bond donors (Lipinski definition) is 1. The van der Waals surface area contributed by atoms with Crippen molar-refractivity contribution >= 4 is 5.91 Å². The molecule has 1 heterocycles. The molecule has 0 aromatic heterocycles. The first-order chi connectivity index (χ1) is 13.8. The molecule has 0 radical (unpaired) electrons. The van der Waals surface area contributed by atoms with E-state index < -0.39 is 0 Å². The Balaban J connectivity index is 1.71. The number of hydrogen-bond acceptors (Lipinski definition) is 1. The van der Waals surface area contributed by atoms with Gasteiger partial charge in [0, 0.05) is 12.5 Å². The van der Waals surface area contributed by atoms with Crippen molar-refractivity contribution in [3.05, 3.63) is 0 Å². The molecule has 1 amide bonds. The number of carbonyl (C=O) groups is 1. The van der Waals surface area contributed by atoms with Crippen molar-refractivity contribution in [2.45, 2.75) is 161 Å². The lowest BCUT2D eigenvalue weighted by Gasteiger charge is -2.15. The van der Waals surface area contributed by atoms with Gasteiger partial charge in [0.15, 0.2) is 0 Å². The summed E-state index contributed by atoms with van der Waals surface area (Å²) < 4.78 is 0. The lowest BCUT2D eigenvalue weighted by Crippen LogP contribution is -2.32. The summed E-state index contributed by atoms with van der Waals surface area (Å²) in [7, 11) is 0. The van der Waals surface area contributed by atoms with Gasteiger partial charge in [-0.15, -0.1) is 0 Å². The lowest BCUT2D eigenvalue weighted by atomic mass is 10.0. The number of rotatable bonds is 19. The topological polar surface area (TPSA) is 29.1 Å². The van der Waals surface area contributed by atoms with Crippen molar-refractivity contribution in [1.29, 1.82) is 0 Å². The van der Waals surface area contributed by atoms with Crippen LogP contribution in [0.2, 0.25) is 0 Å². The highest BCUT2D eigenvalue weighted by molar-refractivity contribution is 5.76. The van der Waals surface area contributed by atoms with Crippen LogP contribution in [0.3, 0.4) is 0 Å². The normalized spacial score (nSPS) is 17.5. The third-order valence-electron chi connectivity index (χ3n) is 6.48. The van der Waals surface area contributed by atoms with Gasteiger partial charge < -0.3 is 5.32 Å². The fraction of sp³-hybridized carbons (Fsp3) is 0.962. The Bertz CT molecular complexity index is 341. The number of nitrogens with one attached hydrogen (secondary N) is 1. The molecule has 0 aromatic rings. The zero-order chi connectivity index (χ0) is 20.1. The molecule has 2 nitrogen and oxygen atoms in total. The van der Waals surface area contributed by atoms with Gasteiger partial charge in [-0.3, -0.25) is 4.79 Å². The van der Waals surface area contributed by atoms with E-state index in [9.17, 15) is 4.79 Å². The molecule has 1 unspecified atom stereocenters. The Morgan fingerprint density at radius 2 is 1.07 bits per heavy atom. The van der Waals surface area contributed by atoms with Gasteiger partial charge in [0.1, 0.15) is 0 Å². The summed E-state index contributed by atoms with van der Waals surface area (Å²) in [6.45, 7) is 2.29. The SMILES string of the molecule is CCCCCCCCCCCCCCCCCCCCC1CCCCC(=O)N1. The third-order valence-corrected chi connectivity index (χ3v) is 6.48. The fourth-order valence-corrected chi connectivity index (χ4v) is 4.56. The quantitative estimate of drug-likeness (QED) is 0.219. The van der Waals surface area contributed by atoms with Crippen LogP contribution >= 0.6 is 0 Å². The average molecular weight is 394 g/mol. The molecule has 1 rings (SSSR count). The van der Waals surface area contributed by atoms with E-state index in [-0.39, 0.29) is 5.91 Å². The maximum Gasteiger partial charge on any atom is 0.220 e. The van der Waals surface area contributed by atoms with Crippen molar-refractivity contribution in [2.75, 3.05) is 0 Å². The summed E-state index contributed by atoms with van der Waals surface area (Å²) in [5.41, 5.74) is 0. The average Bonchev–Trinajstić information content (AvgIpc) is 2.91. The van der Waals surface area contributed by atoms with Crippen molar-refractivity contribution in [3.63, 3.8) is 0 Å². The van der Waals surface area contributed by atoms with E-state index in [1.165, 1.54) is 135 Å². The minimum atomic E-state index is 0.282. The van der Waals surface area contributed by atoms with Gasteiger partial charge in [0.05, 0.1) is 0 Å². The van der Waals surface area contributed by atoms with Crippen molar-refractivity contribution < 1.29 is 4.79 Å². The van der Waals surface area contributed by atoms with E-state index in [4.69, 9.17) is 0 Å². The van der Waals surface area contributed by atoms with Crippen molar-refractivity contribution in [3.8, 4) is 0 Å². The fourth-order valence-electron chi connectivity index (χ4n) is 4.56. The Hall–Kier alpha value is -0.530. The summed E-state index contributed by atoms with van der Waals surface area (Å²) in [5, 5.41) is 3.20. The van der Waals surface area contributed by atoms with E-state index >= 15 is 0 Å². The molecule has 1 atom stereocenters. The highest BCUT2D eigenvalue weighted by Gasteiger charge is 2.15. The largest absolute Gasteiger partial charge is 0.353 e. The highest BCUT2D eigenvalue weighted by Crippen LogP contribution is 2.17. The maximum atomic E-state index is 11.6. The van der Waals surface area contributed by atoms with E-state index in [0.29, 0.717) is 6.04 Å². The second kappa shape index (κ2) is 19.8. The molecule has 28 heavy (non-hydrogen) atoms. The van der Waals surface area contributed by atoms with E-state index in [0.717, 1.165) is 12.8 Å². The van der Waals surface area contributed by atoms with Gasteiger partial charge in [-0.2, -0.15) is 0 Å². The molecular formula is C26H51NO. The smallest absolute Gasteiger partial charge is 0.220 e. The molecule has 0 spiro atoms. The first kappa shape index (κ1) is 25.5. The van der Waals surface area contributed by atoms with Crippen LogP contribution in [-0.4, -0.2) is 11.9 Å². The van der Waals surface area contributed by atoms with Crippen LogP contribution in [-0.2, 0) is 4.79 Å².